The Morgan fingerprint density at radius 3 is 2.62 bits per heavy atom. The van der Waals surface area contributed by atoms with E-state index in [1.165, 1.54) is 0 Å². The van der Waals surface area contributed by atoms with Crippen molar-refractivity contribution in [1.29, 1.82) is 0 Å². The number of fused-ring (bicyclic) bond motifs is 3. The molecule has 1 atom stereocenters. The minimum atomic E-state index is -0.424. The Labute approximate surface area is 200 Å². The van der Waals surface area contributed by atoms with Gasteiger partial charge in [0.1, 0.15) is 0 Å². The van der Waals surface area contributed by atoms with Gasteiger partial charge in [0.05, 0.1) is 42.5 Å². The highest BCUT2D eigenvalue weighted by molar-refractivity contribution is 5.94. The van der Waals surface area contributed by atoms with Gasteiger partial charge in [0.15, 0.2) is 11.5 Å². The zero-order valence-corrected chi connectivity index (χ0v) is 20.6. The number of aromatic nitrogens is 2. The lowest BCUT2D eigenvalue weighted by Crippen LogP contribution is -2.29. The molecule has 7 heteroatoms. The predicted octanol–water partition coefficient (Wildman–Crippen LogP) is 5.71. The molecule has 1 aliphatic rings. The molecule has 0 amide bonds. The summed E-state index contributed by atoms with van der Waals surface area (Å²) in [5, 5.41) is 3.30. The van der Waals surface area contributed by atoms with Crippen molar-refractivity contribution in [3.8, 4) is 11.5 Å². The molecule has 3 aromatic rings. The molecule has 0 aliphatic carbocycles. The number of carbonyl (C=O) groups excluding carboxylic acids is 1. The van der Waals surface area contributed by atoms with Crippen LogP contribution in [0, 0.1) is 5.92 Å². The van der Waals surface area contributed by atoms with E-state index < -0.39 is 6.04 Å². The number of hydrogen-bond donors (Lipinski definition) is 1. The second-order valence-corrected chi connectivity index (χ2v) is 8.75. The smallest absolute Gasteiger partial charge is 0.338 e. The van der Waals surface area contributed by atoms with Crippen LogP contribution in [0.3, 0.4) is 0 Å². The van der Waals surface area contributed by atoms with E-state index in [2.05, 4.69) is 23.7 Å². The predicted molar refractivity (Wildman–Crippen MR) is 133 cm³/mol. The van der Waals surface area contributed by atoms with Crippen molar-refractivity contribution in [3.05, 3.63) is 59.3 Å². The summed E-state index contributed by atoms with van der Waals surface area (Å²) in [5.41, 5.74) is 3.95. The molecular weight excluding hydrogens is 430 g/mol. The van der Waals surface area contributed by atoms with Gasteiger partial charge in [0.2, 0.25) is 5.95 Å². The van der Waals surface area contributed by atoms with Gasteiger partial charge in [-0.1, -0.05) is 32.0 Å². The van der Waals surface area contributed by atoms with Crippen LogP contribution in [0.2, 0.25) is 0 Å². The summed E-state index contributed by atoms with van der Waals surface area (Å²) in [5.74, 6) is 2.25. The normalized spacial score (nSPS) is 15.3. The third-order valence-electron chi connectivity index (χ3n) is 5.86. The molecule has 2 aromatic carbocycles. The lowest BCUT2D eigenvalue weighted by molar-refractivity contribution is -0.139. The average molecular weight is 464 g/mol. The van der Waals surface area contributed by atoms with E-state index >= 15 is 0 Å². The number of ether oxygens (including phenoxy) is 3. The molecule has 180 valence electrons. The molecule has 0 radical (unpaired) electrons. The molecule has 34 heavy (non-hydrogen) atoms. The van der Waals surface area contributed by atoms with Gasteiger partial charge in [0, 0.05) is 5.70 Å². The Balaban J connectivity index is 1.84. The highest BCUT2D eigenvalue weighted by Gasteiger charge is 2.35. The molecule has 1 aliphatic heterocycles. The zero-order valence-electron chi connectivity index (χ0n) is 20.6. The maximum Gasteiger partial charge on any atom is 0.338 e. The summed E-state index contributed by atoms with van der Waals surface area (Å²) >= 11 is 0. The van der Waals surface area contributed by atoms with Crippen LogP contribution >= 0.6 is 0 Å². The van der Waals surface area contributed by atoms with E-state index in [-0.39, 0.29) is 5.97 Å². The molecule has 4 rings (SSSR count). The monoisotopic (exact) mass is 463 g/mol. The van der Waals surface area contributed by atoms with E-state index in [0.29, 0.717) is 48.8 Å². The van der Waals surface area contributed by atoms with Crippen LogP contribution in [-0.4, -0.2) is 35.3 Å². The van der Waals surface area contributed by atoms with Gasteiger partial charge in [-0.25, -0.2) is 9.78 Å². The molecule has 0 spiro atoms. The van der Waals surface area contributed by atoms with Gasteiger partial charge in [-0.05, 0) is 62.9 Å². The van der Waals surface area contributed by atoms with Gasteiger partial charge in [-0.2, -0.15) is 0 Å². The third-order valence-corrected chi connectivity index (χ3v) is 5.86. The van der Waals surface area contributed by atoms with Crippen molar-refractivity contribution >= 4 is 23.0 Å². The molecule has 0 fully saturated rings. The van der Waals surface area contributed by atoms with Crippen LogP contribution in [-0.2, 0) is 9.53 Å². The van der Waals surface area contributed by atoms with E-state index in [4.69, 9.17) is 19.2 Å². The summed E-state index contributed by atoms with van der Waals surface area (Å²) < 4.78 is 19.5. The quantitative estimate of drug-likeness (QED) is 0.410. The Kier molecular flexibility index (Phi) is 7.10. The van der Waals surface area contributed by atoms with Gasteiger partial charge in [-0.3, -0.25) is 4.57 Å². The summed E-state index contributed by atoms with van der Waals surface area (Å²) in [6, 6.07) is 13.4. The van der Waals surface area contributed by atoms with Gasteiger partial charge >= 0.3 is 5.97 Å². The number of para-hydroxylation sites is 2. The Hall–Kier alpha value is -3.48. The van der Waals surface area contributed by atoms with Crippen LogP contribution in [0.15, 0.2) is 53.7 Å². The number of hydrogen-bond acceptors (Lipinski definition) is 6. The second kappa shape index (κ2) is 10.2. The fraction of sp³-hybridized carbons (Fsp3) is 0.407. The molecule has 0 saturated heterocycles. The van der Waals surface area contributed by atoms with E-state index in [0.717, 1.165) is 28.7 Å². The lowest BCUT2D eigenvalue weighted by atomic mass is 9.94. The van der Waals surface area contributed by atoms with Crippen molar-refractivity contribution in [2.24, 2.45) is 5.92 Å². The Bertz CT molecular complexity index is 1210. The first kappa shape index (κ1) is 23.7. The summed E-state index contributed by atoms with van der Waals surface area (Å²) in [7, 11) is 0. The van der Waals surface area contributed by atoms with Gasteiger partial charge in [0.25, 0.3) is 0 Å². The standard InChI is InChI=1S/C27H33N3O4/c1-6-32-23-16-19(12-13-22(23)34-15-14-17(3)4)25-24(26(31)33-7-2)18(5)28-27-29-20-10-8-9-11-21(20)30(25)27/h8-13,16-17,25H,6-7,14-15H2,1-5H3,(H,28,29). The SMILES string of the molecule is CCOC(=O)C1=C(C)Nc2nc3ccccc3n2C1c1ccc(OCCC(C)C)c(OCC)c1. The van der Waals surface area contributed by atoms with Crippen molar-refractivity contribution in [2.45, 2.75) is 47.1 Å². The fourth-order valence-electron chi connectivity index (χ4n) is 4.24. The zero-order chi connectivity index (χ0) is 24.2. The van der Waals surface area contributed by atoms with E-state index in [9.17, 15) is 4.79 Å². The summed E-state index contributed by atoms with van der Waals surface area (Å²) in [4.78, 5) is 17.9. The fourth-order valence-corrected chi connectivity index (χ4v) is 4.24. The number of benzene rings is 2. The van der Waals surface area contributed by atoms with Gasteiger partial charge < -0.3 is 19.5 Å². The maximum atomic E-state index is 13.1. The first-order valence-corrected chi connectivity index (χ1v) is 12.0. The van der Waals surface area contributed by atoms with Crippen LogP contribution in [0.4, 0.5) is 5.95 Å². The number of carbonyl (C=O) groups is 1. The molecule has 1 unspecified atom stereocenters. The Morgan fingerprint density at radius 2 is 1.88 bits per heavy atom. The van der Waals surface area contributed by atoms with E-state index in [1.807, 2.05) is 63.2 Å². The molecule has 0 saturated carbocycles. The molecular formula is C27H33N3O4. The molecule has 1 aromatic heterocycles. The number of imidazole rings is 1. The Morgan fingerprint density at radius 1 is 1.09 bits per heavy atom. The molecule has 7 nitrogen and oxygen atoms in total. The molecule has 1 N–H and O–H groups in total. The van der Waals surface area contributed by atoms with Crippen molar-refractivity contribution in [2.75, 3.05) is 25.1 Å². The number of esters is 1. The first-order chi connectivity index (χ1) is 16.4. The first-order valence-electron chi connectivity index (χ1n) is 12.0. The second-order valence-electron chi connectivity index (χ2n) is 8.75. The van der Waals surface area contributed by atoms with Crippen molar-refractivity contribution in [3.63, 3.8) is 0 Å². The molecule has 0 bridgehead atoms. The van der Waals surface area contributed by atoms with E-state index in [1.54, 1.807) is 0 Å². The third kappa shape index (κ3) is 4.60. The highest BCUT2D eigenvalue weighted by atomic mass is 16.5. The van der Waals surface area contributed by atoms with Crippen LogP contribution < -0.4 is 14.8 Å². The minimum Gasteiger partial charge on any atom is -0.490 e. The maximum absolute atomic E-state index is 13.1. The van der Waals surface area contributed by atoms with Crippen LogP contribution in [0.1, 0.15) is 52.6 Å². The van der Waals surface area contributed by atoms with Crippen molar-refractivity contribution < 1.29 is 19.0 Å². The summed E-state index contributed by atoms with van der Waals surface area (Å²) in [6.07, 6.45) is 0.959. The average Bonchev–Trinajstić information content (AvgIpc) is 3.17. The number of anilines is 1. The highest BCUT2D eigenvalue weighted by Crippen LogP contribution is 2.42. The number of allylic oxidation sites excluding steroid dienone is 1. The number of nitrogens with zero attached hydrogens (tertiary/aromatic N) is 2. The largest absolute Gasteiger partial charge is 0.490 e. The number of nitrogens with one attached hydrogen (secondary N) is 1. The lowest BCUT2D eigenvalue weighted by Gasteiger charge is -2.30. The summed E-state index contributed by atoms with van der Waals surface area (Å²) in [6.45, 7) is 11.4. The van der Waals surface area contributed by atoms with Crippen LogP contribution in [0.5, 0.6) is 11.5 Å². The van der Waals surface area contributed by atoms with Crippen LogP contribution in [0.25, 0.3) is 11.0 Å². The topological polar surface area (TPSA) is 74.6 Å². The molecule has 2 heterocycles. The minimum absolute atomic E-state index is 0.298. The van der Waals surface area contributed by atoms with Gasteiger partial charge in [-0.15, -0.1) is 0 Å². The van der Waals surface area contributed by atoms with Crippen molar-refractivity contribution in [1.82, 2.24) is 9.55 Å². The number of rotatable bonds is 9.